The van der Waals surface area contributed by atoms with Crippen molar-refractivity contribution in [2.75, 3.05) is 21.1 Å². The molecule has 5 heterocycles. The molecule has 8 bridgehead atoms. The van der Waals surface area contributed by atoms with Gasteiger partial charge in [0.05, 0.1) is 66.8 Å². The van der Waals surface area contributed by atoms with Crippen LogP contribution in [0.15, 0.2) is 134 Å². The third-order valence-corrected chi connectivity index (χ3v) is 5.99. The molecule has 0 fully saturated rings. The normalized spacial score (nSPS) is 20.3. The van der Waals surface area contributed by atoms with Crippen LogP contribution in [0.5, 0.6) is 0 Å². The zero-order valence-corrected chi connectivity index (χ0v) is 19.4. The van der Waals surface area contributed by atoms with Crippen LogP contribution in [0.2, 0.25) is 0 Å². The smallest absolute Gasteiger partial charge is 0.132 e. The lowest BCUT2D eigenvalue weighted by atomic mass is 10.0. The van der Waals surface area contributed by atoms with Gasteiger partial charge in [-0.05, 0) is 96.7 Å². The lowest BCUT2D eigenvalue weighted by Gasteiger charge is -2.23. The largest absolute Gasteiger partial charge is 0.298 e. The predicted molar refractivity (Wildman–Crippen MR) is 143 cm³/mol. The summed E-state index contributed by atoms with van der Waals surface area (Å²) in [6, 6.07) is 8.70. The highest BCUT2D eigenvalue weighted by Gasteiger charge is 2.19. The molecular formula is C29H24N5+. The van der Waals surface area contributed by atoms with E-state index in [1.54, 1.807) is 0 Å². The van der Waals surface area contributed by atoms with Gasteiger partial charge in [0.25, 0.3) is 0 Å². The third kappa shape index (κ3) is 3.98. The Kier molecular flexibility index (Phi) is 4.61. The quantitative estimate of drug-likeness (QED) is 0.558. The first-order valence-electron chi connectivity index (χ1n) is 11.3. The molecule has 164 valence electrons. The van der Waals surface area contributed by atoms with E-state index in [1.807, 2.05) is 60.8 Å². The number of benzene rings is 1. The van der Waals surface area contributed by atoms with Crippen molar-refractivity contribution in [1.82, 2.24) is 4.48 Å². The average molecular weight is 443 g/mol. The molecule has 0 radical (unpaired) electrons. The van der Waals surface area contributed by atoms with Gasteiger partial charge in [-0.1, -0.05) is 0 Å². The second-order valence-electron chi connectivity index (χ2n) is 9.50. The van der Waals surface area contributed by atoms with Crippen LogP contribution in [0.3, 0.4) is 0 Å². The molecule has 0 unspecified atom stereocenters. The van der Waals surface area contributed by atoms with E-state index < -0.39 is 0 Å². The van der Waals surface area contributed by atoms with Gasteiger partial charge in [-0.2, -0.15) is 0 Å². The highest BCUT2D eigenvalue weighted by atomic mass is 15.3. The van der Waals surface area contributed by atoms with Crippen molar-refractivity contribution in [2.24, 2.45) is 20.0 Å². The second kappa shape index (κ2) is 7.68. The van der Waals surface area contributed by atoms with E-state index in [0.29, 0.717) is 0 Å². The van der Waals surface area contributed by atoms with Crippen LogP contribution < -0.4 is 4.48 Å². The van der Waals surface area contributed by atoms with Gasteiger partial charge in [-0.15, -0.1) is 0 Å². The summed E-state index contributed by atoms with van der Waals surface area (Å²) in [6.45, 7) is 0. The van der Waals surface area contributed by atoms with Crippen molar-refractivity contribution in [3.05, 3.63) is 119 Å². The van der Waals surface area contributed by atoms with Gasteiger partial charge >= 0.3 is 0 Å². The molecule has 0 amide bonds. The van der Waals surface area contributed by atoms with Gasteiger partial charge in [0.15, 0.2) is 0 Å². The summed E-state index contributed by atoms with van der Waals surface area (Å²) in [5, 5.41) is 0. The van der Waals surface area contributed by atoms with Crippen LogP contribution in [0.25, 0.3) is 5.57 Å². The van der Waals surface area contributed by atoms with E-state index in [2.05, 4.69) is 56.5 Å². The number of nitrogens with zero attached hydrogens (tertiary/aromatic N) is 5. The molecule has 6 rings (SSSR count). The summed E-state index contributed by atoms with van der Waals surface area (Å²) in [7, 11) is 6.51. The zero-order chi connectivity index (χ0) is 23.3. The van der Waals surface area contributed by atoms with Crippen LogP contribution in [0.4, 0.5) is 5.69 Å². The Morgan fingerprint density at radius 1 is 0.500 bits per heavy atom. The van der Waals surface area contributed by atoms with Gasteiger partial charge in [0, 0.05) is 5.57 Å². The van der Waals surface area contributed by atoms with E-state index in [0.717, 1.165) is 61.3 Å². The van der Waals surface area contributed by atoms with E-state index in [4.69, 9.17) is 15.0 Å². The molecule has 1 aromatic carbocycles. The van der Waals surface area contributed by atoms with Gasteiger partial charge in [-0.25, -0.2) is 20.0 Å². The number of quaternary nitrogens is 1. The summed E-state index contributed by atoms with van der Waals surface area (Å²) >= 11 is 0. The molecular weight excluding hydrogens is 418 g/mol. The maximum atomic E-state index is 4.94. The van der Waals surface area contributed by atoms with Crippen molar-refractivity contribution in [3.63, 3.8) is 0 Å². The lowest BCUT2D eigenvalue weighted by molar-refractivity contribution is 0.486. The van der Waals surface area contributed by atoms with Gasteiger partial charge in [0.1, 0.15) is 5.69 Å². The van der Waals surface area contributed by atoms with Gasteiger partial charge in [0.2, 0.25) is 0 Å². The molecule has 0 atom stereocenters. The molecule has 0 saturated carbocycles. The van der Waals surface area contributed by atoms with E-state index >= 15 is 0 Å². The van der Waals surface area contributed by atoms with Crippen molar-refractivity contribution < 1.29 is 0 Å². The molecule has 5 nitrogen and oxygen atoms in total. The molecule has 5 aliphatic heterocycles. The standard InChI is InChI=1S/C29H24N5/c1-34(2,3)27-12-4-19(5-13-27)28-17-26-16-24-9-8-22(31-24)14-20-6-7-21(30-20)15-23-10-11-25(32-23)18-29(28)33-26/h4-18H,1-3H3/q+1. The fourth-order valence-corrected chi connectivity index (χ4v) is 4.22. The minimum Gasteiger partial charge on any atom is -0.298 e. The fraction of sp³-hybridized carbons (Fsp3) is 0.103. The predicted octanol–water partition coefficient (Wildman–Crippen LogP) is 5.30. The Bertz CT molecular complexity index is 1480. The molecule has 0 saturated heterocycles. The summed E-state index contributed by atoms with van der Waals surface area (Å²) in [4.78, 5) is 19.1. The van der Waals surface area contributed by atoms with Crippen LogP contribution >= 0.6 is 0 Å². The fourth-order valence-electron chi connectivity index (χ4n) is 4.22. The lowest BCUT2D eigenvalue weighted by Crippen LogP contribution is -2.34. The number of hydrogen-bond acceptors (Lipinski definition) is 4. The Morgan fingerprint density at radius 3 is 1.53 bits per heavy atom. The van der Waals surface area contributed by atoms with Crippen molar-refractivity contribution in [3.8, 4) is 0 Å². The maximum Gasteiger partial charge on any atom is 0.132 e. The number of allylic oxidation sites excluding steroid dienone is 12. The first kappa shape index (κ1) is 20.4. The minimum atomic E-state index is 0.774. The third-order valence-electron chi connectivity index (χ3n) is 5.99. The molecule has 34 heavy (non-hydrogen) atoms. The van der Waals surface area contributed by atoms with E-state index in [1.165, 1.54) is 5.69 Å². The summed E-state index contributed by atoms with van der Waals surface area (Å²) in [5.74, 6) is 0. The number of fused-ring (bicyclic) bond motifs is 4. The highest BCUT2D eigenvalue weighted by molar-refractivity contribution is 6.19. The Labute approximate surface area is 199 Å². The number of hydrogen-bond donors (Lipinski definition) is 0. The molecule has 0 spiro atoms. The van der Waals surface area contributed by atoms with E-state index in [9.17, 15) is 0 Å². The average Bonchev–Trinajstić information content (AvgIpc) is 3.58. The first-order valence-corrected chi connectivity index (χ1v) is 11.3. The van der Waals surface area contributed by atoms with Gasteiger partial charge < -0.3 is 0 Å². The highest BCUT2D eigenvalue weighted by Crippen LogP contribution is 2.32. The molecule has 0 aliphatic carbocycles. The second-order valence-corrected chi connectivity index (χ2v) is 9.50. The van der Waals surface area contributed by atoms with Crippen molar-refractivity contribution >= 4 is 34.1 Å². The Morgan fingerprint density at radius 2 is 1.00 bits per heavy atom. The molecule has 0 aromatic heterocycles. The van der Waals surface area contributed by atoms with Crippen LogP contribution in [0, 0.1) is 0 Å². The Hall–Kier alpha value is -4.22. The number of aliphatic imine (C=N–C) groups is 4. The van der Waals surface area contributed by atoms with Crippen LogP contribution in [0.1, 0.15) is 5.56 Å². The zero-order valence-electron chi connectivity index (χ0n) is 19.4. The van der Waals surface area contributed by atoms with Gasteiger partial charge in [-0.3, -0.25) is 4.48 Å². The van der Waals surface area contributed by atoms with Crippen LogP contribution in [-0.2, 0) is 0 Å². The summed E-state index contributed by atoms with van der Waals surface area (Å²) < 4.78 is 0.774. The topological polar surface area (TPSA) is 49.4 Å². The number of rotatable bonds is 2. The van der Waals surface area contributed by atoms with Crippen molar-refractivity contribution in [1.29, 1.82) is 0 Å². The van der Waals surface area contributed by atoms with E-state index in [-0.39, 0.29) is 0 Å². The Balaban J connectivity index is 1.46. The van der Waals surface area contributed by atoms with Crippen molar-refractivity contribution in [2.45, 2.75) is 0 Å². The SMILES string of the molecule is C[N+](C)(C)c1ccc(C2=CC3=NC2=CC2=NC(=CC4=NC(=CC5=NC(=C3)C=C5)C=C4)C=C2)cc1. The molecule has 5 heteroatoms. The summed E-state index contributed by atoms with van der Waals surface area (Å²) in [6.07, 6.45) is 22.2. The maximum absolute atomic E-state index is 4.94. The molecule has 5 aliphatic rings. The molecule has 1 aromatic rings. The minimum absolute atomic E-state index is 0.774. The monoisotopic (exact) mass is 442 g/mol. The first-order chi connectivity index (χ1) is 16.4. The summed E-state index contributed by atoms with van der Waals surface area (Å²) in [5.41, 5.74) is 10.5. The van der Waals surface area contributed by atoms with Crippen LogP contribution in [-0.4, -0.2) is 44.0 Å². The molecule has 0 N–H and O–H groups in total.